The average Bonchev–Trinajstić information content (AvgIpc) is 2.84. The fraction of sp³-hybridized carbons (Fsp3) is 0.500. The summed E-state index contributed by atoms with van der Waals surface area (Å²) in [5.41, 5.74) is 1.61. The molecule has 1 fully saturated rings. The summed E-state index contributed by atoms with van der Waals surface area (Å²) in [5, 5.41) is 56.8. The van der Waals surface area contributed by atoms with Gasteiger partial charge >= 0.3 is 0 Å². The van der Waals surface area contributed by atoms with Crippen LogP contribution in [0.5, 0.6) is 5.75 Å². The van der Waals surface area contributed by atoms with Crippen molar-refractivity contribution in [3.63, 3.8) is 0 Å². The summed E-state index contributed by atoms with van der Waals surface area (Å²) < 4.78 is 0. The third-order valence-electron chi connectivity index (χ3n) is 8.38. The number of carbonyl (C=O) groups excluding carboxylic acids is 4. The number of fused-ring (bicyclic) bond motifs is 3. The van der Waals surface area contributed by atoms with E-state index in [1.165, 1.54) is 19.0 Å². The van der Waals surface area contributed by atoms with Gasteiger partial charge in [-0.1, -0.05) is 19.1 Å². The molecule has 216 valence electrons. The number of nitrogens with two attached hydrogens (primary N) is 1. The Balaban J connectivity index is 1.89. The number of nitrogens with zero attached hydrogens (tertiary/aromatic N) is 2. The number of aromatic hydroxyl groups is 1. The quantitative estimate of drug-likeness (QED) is 0.237. The zero-order valence-electron chi connectivity index (χ0n) is 23.0. The van der Waals surface area contributed by atoms with Crippen molar-refractivity contribution in [1.29, 1.82) is 0 Å². The molecule has 0 bridgehead atoms. The first-order valence-corrected chi connectivity index (χ1v) is 12.9. The molecule has 0 aliphatic heterocycles. The van der Waals surface area contributed by atoms with Crippen LogP contribution in [0.3, 0.4) is 0 Å². The van der Waals surface area contributed by atoms with Crippen LogP contribution < -0.4 is 5.73 Å². The summed E-state index contributed by atoms with van der Waals surface area (Å²) in [5.74, 6) is -9.38. The molecule has 4 rings (SSSR count). The molecule has 0 heterocycles. The molecule has 40 heavy (non-hydrogen) atoms. The second-order valence-electron chi connectivity index (χ2n) is 11.4. The van der Waals surface area contributed by atoms with Crippen LogP contribution in [0.25, 0.3) is 5.76 Å². The monoisotopic (exact) mass is 557 g/mol. The molecule has 1 saturated carbocycles. The highest BCUT2D eigenvalue weighted by molar-refractivity contribution is 6.24. The van der Waals surface area contributed by atoms with Gasteiger partial charge in [-0.3, -0.25) is 24.1 Å². The Morgan fingerprint density at radius 2 is 1.70 bits per heavy atom. The zero-order chi connectivity index (χ0) is 30.0. The van der Waals surface area contributed by atoms with E-state index in [1.54, 1.807) is 38.1 Å². The SMILES string of the molecule is C[C@H]1c2ccc(CCC(=O)CN(C)C)c(O)c2C(O)=C2C(=O)[C@]3(O)C(O)=C(C(N)=O)C(=O)[C@@H](N(C)C)[C@@H]3[C@@H](O)[C@@H]21. The van der Waals surface area contributed by atoms with Crippen LogP contribution in [0.15, 0.2) is 29.0 Å². The summed E-state index contributed by atoms with van der Waals surface area (Å²) in [6, 6.07) is 1.84. The lowest BCUT2D eigenvalue weighted by molar-refractivity contribution is -0.169. The maximum atomic E-state index is 14.0. The largest absolute Gasteiger partial charge is 0.508 e. The molecule has 12 nitrogen and oxygen atoms in total. The van der Waals surface area contributed by atoms with E-state index in [1.807, 2.05) is 0 Å². The molecule has 3 aliphatic rings. The number of phenols is 1. The normalized spacial score (nSPS) is 30.0. The van der Waals surface area contributed by atoms with Crippen molar-refractivity contribution in [3.05, 3.63) is 45.7 Å². The Hall–Kier alpha value is -3.58. The van der Waals surface area contributed by atoms with Crippen LogP contribution in [-0.4, -0.2) is 111 Å². The topological polar surface area (TPSA) is 202 Å². The fourth-order valence-corrected chi connectivity index (χ4v) is 6.57. The number of amides is 1. The van der Waals surface area contributed by atoms with Crippen LogP contribution >= 0.6 is 0 Å². The van der Waals surface area contributed by atoms with Crippen LogP contribution in [0, 0.1) is 11.8 Å². The third kappa shape index (κ3) is 4.14. The van der Waals surface area contributed by atoms with Gasteiger partial charge in [-0.05, 0) is 51.7 Å². The van der Waals surface area contributed by atoms with E-state index in [4.69, 9.17) is 5.73 Å². The molecule has 0 unspecified atom stereocenters. The number of aliphatic hydroxyl groups is 4. The number of phenolic OH excluding ortho intramolecular Hbond substituents is 1. The van der Waals surface area contributed by atoms with E-state index >= 15 is 0 Å². The Bertz CT molecular complexity index is 1380. The molecular weight excluding hydrogens is 522 g/mol. The van der Waals surface area contributed by atoms with Gasteiger partial charge in [0.25, 0.3) is 5.91 Å². The molecule has 1 aromatic carbocycles. The summed E-state index contributed by atoms with van der Waals surface area (Å²) in [6.45, 7) is 1.88. The fourth-order valence-electron chi connectivity index (χ4n) is 6.57. The van der Waals surface area contributed by atoms with E-state index in [2.05, 4.69) is 0 Å². The highest BCUT2D eigenvalue weighted by atomic mass is 16.4. The van der Waals surface area contributed by atoms with Crippen LogP contribution in [0.2, 0.25) is 0 Å². The molecule has 7 N–H and O–H groups in total. The van der Waals surface area contributed by atoms with Crippen LogP contribution in [0.4, 0.5) is 0 Å². The van der Waals surface area contributed by atoms with Crippen LogP contribution in [-0.2, 0) is 25.6 Å². The van der Waals surface area contributed by atoms with Gasteiger partial charge in [0, 0.05) is 17.9 Å². The first-order valence-electron chi connectivity index (χ1n) is 12.9. The molecule has 6 atom stereocenters. The molecule has 0 saturated heterocycles. The predicted molar refractivity (Wildman–Crippen MR) is 142 cm³/mol. The number of Topliss-reactive ketones (excluding diaryl/α,β-unsaturated/α-hetero) is 3. The summed E-state index contributed by atoms with van der Waals surface area (Å²) in [7, 11) is 6.42. The summed E-state index contributed by atoms with van der Waals surface area (Å²) in [6.07, 6.45) is -1.37. The van der Waals surface area contributed by atoms with Gasteiger partial charge in [0.05, 0.1) is 30.2 Å². The van der Waals surface area contributed by atoms with E-state index in [0.29, 0.717) is 11.1 Å². The van der Waals surface area contributed by atoms with Gasteiger partial charge in [-0.25, -0.2) is 0 Å². The third-order valence-corrected chi connectivity index (χ3v) is 8.38. The van der Waals surface area contributed by atoms with E-state index in [0.717, 1.165) is 0 Å². The summed E-state index contributed by atoms with van der Waals surface area (Å²) in [4.78, 5) is 54.6. The molecule has 1 amide bonds. The number of hydrogen-bond acceptors (Lipinski definition) is 11. The van der Waals surface area contributed by atoms with Gasteiger partial charge in [-0.2, -0.15) is 0 Å². The van der Waals surface area contributed by atoms with Gasteiger partial charge in [0.2, 0.25) is 5.78 Å². The number of primary amides is 1. The minimum Gasteiger partial charge on any atom is -0.508 e. The number of carbonyl (C=O) groups is 4. The first-order chi connectivity index (χ1) is 18.6. The van der Waals surface area contributed by atoms with E-state index < -0.39 is 75.6 Å². The predicted octanol–water partition coefficient (Wildman–Crippen LogP) is -0.441. The molecule has 0 radical (unpaired) electrons. The van der Waals surface area contributed by atoms with E-state index in [9.17, 15) is 44.7 Å². The number of aliphatic hydroxyl groups excluding tert-OH is 3. The van der Waals surface area contributed by atoms with Crippen molar-refractivity contribution in [2.24, 2.45) is 17.6 Å². The molecule has 0 aromatic heterocycles. The highest BCUT2D eigenvalue weighted by Crippen LogP contribution is 2.56. The number of likely N-dealkylation sites (N-methyl/N-ethyl adjacent to an activating group) is 2. The minimum absolute atomic E-state index is 0.0632. The van der Waals surface area contributed by atoms with Crippen molar-refractivity contribution in [3.8, 4) is 5.75 Å². The van der Waals surface area contributed by atoms with Crippen molar-refractivity contribution in [1.82, 2.24) is 9.80 Å². The second-order valence-corrected chi connectivity index (χ2v) is 11.4. The lowest BCUT2D eigenvalue weighted by Gasteiger charge is -2.53. The Kier molecular flexibility index (Phi) is 7.43. The standard InChI is InChI=1S/C28H35N3O9/c1-11-14-9-7-12(6-8-13(32)10-30(2)3)21(33)16(14)22(34)17-15(11)23(35)19-20(31(4)5)24(36)18(27(29)39)26(38)28(19,40)25(17)37/h7,9,11,15,19-20,23,33-35,38,40H,6,8,10H2,1-5H3,(H2,29,39)/t11-,15+,19+,20-,23-,28-/m0/s1. The van der Waals surface area contributed by atoms with Gasteiger partial charge in [0.1, 0.15) is 28.6 Å². The lowest BCUT2D eigenvalue weighted by Crippen LogP contribution is -2.70. The smallest absolute Gasteiger partial charge is 0.255 e. The van der Waals surface area contributed by atoms with Gasteiger partial charge < -0.3 is 36.2 Å². The Morgan fingerprint density at radius 3 is 2.25 bits per heavy atom. The van der Waals surface area contributed by atoms with Crippen molar-refractivity contribution >= 4 is 29.0 Å². The molecular formula is C28H35N3O9. The Labute approximate surface area is 231 Å². The number of aryl methyl sites for hydroxylation is 1. The molecule has 0 spiro atoms. The van der Waals surface area contributed by atoms with Crippen molar-refractivity contribution in [2.45, 2.75) is 43.4 Å². The maximum Gasteiger partial charge on any atom is 0.255 e. The number of hydrogen-bond donors (Lipinski definition) is 6. The number of rotatable bonds is 7. The lowest BCUT2D eigenvalue weighted by atomic mass is 9.54. The average molecular weight is 558 g/mol. The van der Waals surface area contributed by atoms with Crippen molar-refractivity contribution in [2.75, 3.05) is 34.7 Å². The summed E-state index contributed by atoms with van der Waals surface area (Å²) >= 11 is 0. The molecule has 3 aliphatic carbocycles. The first kappa shape index (κ1) is 29.4. The highest BCUT2D eigenvalue weighted by Gasteiger charge is 2.68. The van der Waals surface area contributed by atoms with Gasteiger partial charge in [0.15, 0.2) is 11.4 Å². The second kappa shape index (κ2) is 10.1. The van der Waals surface area contributed by atoms with Crippen LogP contribution in [0.1, 0.15) is 36.0 Å². The molecule has 12 heteroatoms. The number of ketones is 3. The maximum absolute atomic E-state index is 14.0. The zero-order valence-corrected chi connectivity index (χ0v) is 23.0. The van der Waals surface area contributed by atoms with Crippen molar-refractivity contribution < 1.29 is 44.7 Å². The van der Waals surface area contributed by atoms with E-state index in [-0.39, 0.29) is 36.5 Å². The molecule has 1 aromatic rings. The minimum atomic E-state index is -2.96. The Morgan fingerprint density at radius 1 is 1.07 bits per heavy atom. The van der Waals surface area contributed by atoms with Gasteiger partial charge in [-0.15, -0.1) is 0 Å². The number of benzene rings is 1.